The molecule has 1 aliphatic rings. The minimum absolute atomic E-state index is 0.0379. The Morgan fingerprint density at radius 2 is 1.90 bits per heavy atom. The van der Waals surface area contributed by atoms with Gasteiger partial charge >= 0.3 is 0 Å². The van der Waals surface area contributed by atoms with Crippen LogP contribution in [0, 0.1) is 5.92 Å². The molecule has 0 radical (unpaired) electrons. The monoisotopic (exact) mass is 275 g/mol. The molecule has 1 amide bonds. The molecule has 3 nitrogen and oxygen atoms in total. The molecule has 0 saturated heterocycles. The van der Waals surface area contributed by atoms with Gasteiger partial charge in [0.2, 0.25) is 5.91 Å². The number of rotatable bonds is 6. The van der Waals surface area contributed by atoms with Crippen LogP contribution in [0.5, 0.6) is 5.75 Å². The van der Waals surface area contributed by atoms with Crippen LogP contribution in [0.15, 0.2) is 24.3 Å². The number of carbonyl (C=O) groups excluding carboxylic acids is 1. The van der Waals surface area contributed by atoms with Gasteiger partial charge in [0.15, 0.2) is 0 Å². The van der Waals surface area contributed by atoms with Crippen molar-refractivity contribution in [1.29, 1.82) is 0 Å². The van der Waals surface area contributed by atoms with Crippen molar-refractivity contribution in [2.24, 2.45) is 5.92 Å². The van der Waals surface area contributed by atoms with E-state index in [1.807, 2.05) is 31.2 Å². The van der Waals surface area contributed by atoms with Crippen molar-refractivity contribution in [2.45, 2.75) is 51.9 Å². The lowest BCUT2D eigenvalue weighted by molar-refractivity contribution is -0.115. The first-order chi connectivity index (χ1) is 9.78. The lowest BCUT2D eigenvalue weighted by atomic mass is 9.87. The molecule has 110 valence electrons. The van der Waals surface area contributed by atoms with Gasteiger partial charge in [0, 0.05) is 12.1 Å². The van der Waals surface area contributed by atoms with E-state index < -0.39 is 0 Å². The molecule has 1 aromatic carbocycles. The van der Waals surface area contributed by atoms with Crippen molar-refractivity contribution in [3.8, 4) is 5.75 Å². The van der Waals surface area contributed by atoms with Gasteiger partial charge in [0.25, 0.3) is 0 Å². The second-order valence-corrected chi connectivity index (χ2v) is 5.57. The fourth-order valence-electron chi connectivity index (χ4n) is 2.70. The van der Waals surface area contributed by atoms with Crippen LogP contribution in [0.2, 0.25) is 0 Å². The minimum Gasteiger partial charge on any atom is -0.494 e. The van der Waals surface area contributed by atoms with Gasteiger partial charge in [-0.2, -0.15) is 0 Å². The molecule has 20 heavy (non-hydrogen) atoms. The van der Waals surface area contributed by atoms with Crippen molar-refractivity contribution in [1.82, 2.24) is 0 Å². The summed E-state index contributed by atoms with van der Waals surface area (Å²) in [5.74, 6) is 1.78. The van der Waals surface area contributed by atoms with E-state index in [1.54, 1.807) is 0 Å². The topological polar surface area (TPSA) is 38.3 Å². The van der Waals surface area contributed by atoms with E-state index in [0.717, 1.165) is 30.4 Å². The normalized spacial score (nSPS) is 15.8. The molecule has 1 N–H and O–H groups in total. The number of ether oxygens (including phenoxy) is 1. The Labute approximate surface area is 121 Å². The summed E-state index contributed by atoms with van der Waals surface area (Å²) < 4.78 is 5.78. The summed E-state index contributed by atoms with van der Waals surface area (Å²) in [5, 5.41) is 2.83. The Balaban J connectivity index is 1.71. The summed E-state index contributed by atoms with van der Waals surface area (Å²) in [6.45, 7) is 2.64. The maximum Gasteiger partial charge on any atom is 0.224 e. The van der Waals surface area contributed by atoms with Crippen molar-refractivity contribution < 1.29 is 9.53 Å². The van der Waals surface area contributed by atoms with E-state index in [-0.39, 0.29) is 5.91 Å². The summed E-state index contributed by atoms with van der Waals surface area (Å²) in [6.07, 6.45) is 8.57. The molecular weight excluding hydrogens is 250 g/mol. The fourth-order valence-corrected chi connectivity index (χ4v) is 2.70. The van der Waals surface area contributed by atoms with E-state index in [4.69, 9.17) is 4.74 Å². The lowest BCUT2D eigenvalue weighted by Gasteiger charge is -2.21. The van der Waals surface area contributed by atoms with Crippen molar-refractivity contribution >= 4 is 11.6 Å². The molecule has 0 unspecified atom stereocenters. The smallest absolute Gasteiger partial charge is 0.224 e. The van der Waals surface area contributed by atoms with Crippen molar-refractivity contribution in [3.63, 3.8) is 0 Å². The molecule has 0 heterocycles. The zero-order valence-corrected chi connectivity index (χ0v) is 12.4. The number of hydrogen-bond acceptors (Lipinski definition) is 2. The SMILES string of the molecule is CCC(=O)Nc1ccc(OCCC2CCCCC2)cc1. The van der Waals surface area contributed by atoms with E-state index in [2.05, 4.69) is 5.32 Å². The largest absolute Gasteiger partial charge is 0.494 e. The van der Waals surface area contributed by atoms with E-state index in [1.165, 1.54) is 32.1 Å². The molecule has 3 heteroatoms. The predicted octanol–water partition coefficient (Wildman–Crippen LogP) is 4.38. The Morgan fingerprint density at radius 3 is 2.55 bits per heavy atom. The molecule has 2 rings (SSSR count). The summed E-state index contributed by atoms with van der Waals surface area (Å²) in [6, 6.07) is 7.63. The summed E-state index contributed by atoms with van der Waals surface area (Å²) in [7, 11) is 0. The van der Waals surface area contributed by atoms with Gasteiger partial charge in [-0.05, 0) is 36.6 Å². The number of carbonyl (C=O) groups is 1. The molecule has 1 aliphatic carbocycles. The quantitative estimate of drug-likeness (QED) is 0.836. The Kier molecular flexibility index (Phi) is 5.90. The number of benzene rings is 1. The van der Waals surface area contributed by atoms with Crippen LogP contribution in [-0.2, 0) is 4.79 Å². The van der Waals surface area contributed by atoms with Gasteiger partial charge in [-0.15, -0.1) is 0 Å². The summed E-state index contributed by atoms with van der Waals surface area (Å²) in [5.41, 5.74) is 0.830. The molecule has 0 atom stereocenters. The maximum atomic E-state index is 11.3. The van der Waals surface area contributed by atoms with Gasteiger partial charge in [0.05, 0.1) is 6.61 Å². The molecule has 0 spiro atoms. The first-order valence-electron chi connectivity index (χ1n) is 7.80. The van der Waals surface area contributed by atoms with Gasteiger partial charge < -0.3 is 10.1 Å². The van der Waals surface area contributed by atoms with Crippen LogP contribution in [0.1, 0.15) is 51.9 Å². The summed E-state index contributed by atoms with van der Waals surface area (Å²) >= 11 is 0. The molecule has 1 fully saturated rings. The predicted molar refractivity (Wildman–Crippen MR) is 82.0 cm³/mol. The molecule has 0 bridgehead atoms. The zero-order chi connectivity index (χ0) is 14.2. The molecule has 0 aliphatic heterocycles. The molecule has 1 saturated carbocycles. The van der Waals surface area contributed by atoms with Gasteiger partial charge in [0.1, 0.15) is 5.75 Å². The molecular formula is C17H25NO2. The van der Waals surface area contributed by atoms with Crippen LogP contribution >= 0.6 is 0 Å². The number of hydrogen-bond donors (Lipinski definition) is 1. The van der Waals surface area contributed by atoms with Gasteiger partial charge in [-0.1, -0.05) is 39.0 Å². The summed E-state index contributed by atoms with van der Waals surface area (Å²) in [4.78, 5) is 11.3. The van der Waals surface area contributed by atoms with Gasteiger partial charge in [-0.3, -0.25) is 4.79 Å². The van der Waals surface area contributed by atoms with Crippen LogP contribution in [0.4, 0.5) is 5.69 Å². The number of amides is 1. The fraction of sp³-hybridized carbons (Fsp3) is 0.588. The second-order valence-electron chi connectivity index (χ2n) is 5.57. The van der Waals surface area contributed by atoms with Crippen molar-refractivity contribution in [2.75, 3.05) is 11.9 Å². The van der Waals surface area contributed by atoms with Crippen LogP contribution in [0.25, 0.3) is 0 Å². The van der Waals surface area contributed by atoms with E-state index in [9.17, 15) is 4.79 Å². The van der Waals surface area contributed by atoms with Gasteiger partial charge in [-0.25, -0.2) is 0 Å². The highest BCUT2D eigenvalue weighted by Gasteiger charge is 2.13. The first-order valence-corrected chi connectivity index (χ1v) is 7.80. The number of nitrogens with one attached hydrogen (secondary N) is 1. The molecule has 0 aromatic heterocycles. The Bertz CT molecular complexity index is 408. The third-order valence-corrected chi connectivity index (χ3v) is 3.98. The van der Waals surface area contributed by atoms with E-state index in [0.29, 0.717) is 6.42 Å². The molecule has 1 aromatic rings. The number of anilines is 1. The highest BCUT2D eigenvalue weighted by atomic mass is 16.5. The van der Waals surface area contributed by atoms with Crippen LogP contribution in [-0.4, -0.2) is 12.5 Å². The average Bonchev–Trinajstić information content (AvgIpc) is 2.50. The highest BCUT2D eigenvalue weighted by molar-refractivity contribution is 5.90. The second kappa shape index (κ2) is 7.93. The minimum atomic E-state index is 0.0379. The Hall–Kier alpha value is -1.51. The van der Waals surface area contributed by atoms with Crippen LogP contribution < -0.4 is 10.1 Å². The first kappa shape index (κ1) is 14.9. The maximum absolute atomic E-state index is 11.3. The highest BCUT2D eigenvalue weighted by Crippen LogP contribution is 2.26. The van der Waals surface area contributed by atoms with Crippen LogP contribution in [0.3, 0.4) is 0 Å². The lowest BCUT2D eigenvalue weighted by Crippen LogP contribution is -2.11. The average molecular weight is 275 g/mol. The Morgan fingerprint density at radius 1 is 1.20 bits per heavy atom. The third kappa shape index (κ3) is 4.87. The third-order valence-electron chi connectivity index (χ3n) is 3.98. The standard InChI is InChI=1S/C17H25NO2/c1-2-17(19)18-15-8-10-16(11-9-15)20-13-12-14-6-4-3-5-7-14/h8-11,14H,2-7,12-13H2,1H3,(H,18,19). The zero-order valence-electron chi connectivity index (χ0n) is 12.4. The van der Waals surface area contributed by atoms with E-state index >= 15 is 0 Å². The van der Waals surface area contributed by atoms with Crippen molar-refractivity contribution in [3.05, 3.63) is 24.3 Å².